The van der Waals surface area contributed by atoms with Gasteiger partial charge in [0.15, 0.2) is 0 Å². The Labute approximate surface area is 870 Å². The fraction of sp³-hybridized carbons (Fsp3) is 0.921. The third-order valence-corrected chi connectivity index (χ3v) is 30.8. The number of anilines is 9. The average Bonchev–Trinajstić information content (AvgIpc) is 0.754. The van der Waals surface area contributed by atoms with Gasteiger partial charge >= 0.3 is 0 Å². The van der Waals surface area contributed by atoms with Crippen molar-refractivity contribution in [3.05, 3.63) is 0 Å². The van der Waals surface area contributed by atoms with Crippen LogP contribution in [0.5, 0.6) is 0 Å². The molecule has 0 atom stereocenters. The van der Waals surface area contributed by atoms with Crippen LogP contribution in [0.25, 0.3) is 0 Å². The molecule has 0 bridgehead atoms. The van der Waals surface area contributed by atoms with Gasteiger partial charge in [0.25, 0.3) is 0 Å². The summed E-state index contributed by atoms with van der Waals surface area (Å²) in [6, 6.07) is 0.513. The fourth-order valence-electron chi connectivity index (χ4n) is 25.0. The first-order chi connectivity index (χ1) is 67.2. The monoisotopic (exact) mass is 1990 g/mol. The first-order valence-electron chi connectivity index (χ1n) is 58.5. The molecule has 28 heteroatoms. The lowest BCUT2D eigenvalue weighted by molar-refractivity contribution is -0.282. The minimum Gasteiger partial charge on any atom is -0.344 e. The number of unbranched alkanes of at least 4 members (excludes halogenated alkanes) is 14. The van der Waals surface area contributed by atoms with E-state index in [1.165, 1.54) is 0 Å². The summed E-state index contributed by atoms with van der Waals surface area (Å²) in [5.74, 6) is 7.22. The largest absolute Gasteiger partial charge is 0.344 e. The summed E-state index contributed by atoms with van der Waals surface area (Å²) in [7, 11) is 2.18. The van der Waals surface area contributed by atoms with Crippen LogP contribution in [0.1, 0.15) is 479 Å². The van der Waals surface area contributed by atoms with E-state index >= 15 is 0 Å². The van der Waals surface area contributed by atoms with E-state index in [1.54, 1.807) is 0 Å². The van der Waals surface area contributed by atoms with Gasteiger partial charge in [-0.15, -0.1) is 0 Å². The van der Waals surface area contributed by atoms with Gasteiger partial charge in [-0.25, -0.2) is 0 Å². The average molecular weight is 1990 g/mol. The molecule has 0 N–H and O–H groups in total. The van der Waals surface area contributed by atoms with Gasteiger partial charge < -0.3 is 44.1 Å². The smallest absolute Gasteiger partial charge is 0.232 e. The molecule has 8 rings (SSSR count). The molecule has 5 saturated heterocycles. The zero-order chi connectivity index (χ0) is 105. The number of hydrogen-bond donors (Lipinski definition) is 0. The Morgan fingerprint density at radius 2 is 0.338 bits per heavy atom. The molecule has 8 heterocycles. The topological polar surface area (TPSA) is 208 Å². The van der Waals surface area contributed by atoms with E-state index in [4.69, 9.17) is 69.0 Å². The fourth-order valence-corrected chi connectivity index (χ4v) is 25.0. The van der Waals surface area contributed by atoms with E-state index in [9.17, 15) is 0 Å². The molecule has 0 spiro atoms. The van der Waals surface area contributed by atoms with E-state index in [1.807, 2.05) is 0 Å². The van der Waals surface area contributed by atoms with Crippen molar-refractivity contribution >= 4 is 53.5 Å². The van der Waals surface area contributed by atoms with Crippen molar-refractivity contribution in [2.24, 2.45) is 0 Å². The van der Waals surface area contributed by atoms with Crippen LogP contribution >= 0.6 is 0 Å². The summed E-state index contributed by atoms with van der Waals surface area (Å²) in [5.41, 5.74) is -3.00. The van der Waals surface area contributed by atoms with Crippen LogP contribution < -0.4 is 44.1 Å². The van der Waals surface area contributed by atoms with E-state index in [-0.39, 0.29) is 85.6 Å². The molecule has 3 aromatic heterocycles. The number of piperidine rings is 5. The summed E-state index contributed by atoms with van der Waals surface area (Å²) < 4.78 is 0. The second-order valence-electron chi connectivity index (χ2n) is 49.8. The van der Waals surface area contributed by atoms with Crippen LogP contribution in [-0.2, 0) is 24.2 Å². The lowest BCUT2D eigenvalue weighted by Gasteiger charge is -2.56. The van der Waals surface area contributed by atoms with Crippen LogP contribution in [0.4, 0.5) is 53.5 Å². The van der Waals surface area contributed by atoms with Crippen molar-refractivity contribution in [1.82, 2.24) is 70.2 Å². The highest BCUT2D eigenvalue weighted by molar-refractivity contribution is 5.52. The van der Waals surface area contributed by atoms with Gasteiger partial charge in [-0.05, 0) is 312 Å². The third-order valence-electron chi connectivity index (χ3n) is 30.8. The summed E-state index contributed by atoms with van der Waals surface area (Å²) in [6.45, 7) is 91.4. The maximum absolute atomic E-state index is 6.95. The molecule has 5 aliphatic heterocycles. The molecular formula is C114H219N23O5. The van der Waals surface area contributed by atoms with Crippen molar-refractivity contribution < 1.29 is 24.2 Å². The quantitative estimate of drug-likeness (QED) is 0.0481. The second kappa shape index (κ2) is 56.6. The minimum absolute atomic E-state index is 0.0585. The van der Waals surface area contributed by atoms with E-state index < -0.39 is 0 Å². The van der Waals surface area contributed by atoms with Gasteiger partial charge in [-0.3, -0.25) is 24.2 Å². The van der Waals surface area contributed by atoms with Crippen LogP contribution in [0, 0.1) is 0 Å². The summed E-state index contributed by atoms with van der Waals surface area (Å²) in [4.78, 5) is 110. The zero-order valence-electron chi connectivity index (χ0n) is 98.3. The van der Waals surface area contributed by atoms with E-state index in [0.717, 1.165) is 382 Å². The van der Waals surface area contributed by atoms with Gasteiger partial charge in [0, 0.05) is 171 Å². The highest BCUT2D eigenvalue weighted by Gasteiger charge is 2.55. The van der Waals surface area contributed by atoms with Gasteiger partial charge in [-0.2, -0.15) is 70.2 Å². The SMILES string of the molecule is CCCCN(C)c1nc(N(CCCC)CCCC)nc(N(CCCCCCN(c2nc(N(CCCC)C3CC(C)(C)N(OCCC)C(C)(C)C3)nc(N(CCCCCCN(c3nc(N(CCCC)CCCC)nc(N(CCCC)CCCC)n3)C3CC(C)(C)N(OCCC)C(C)(C)C3)C3CC(C)(C)N(OCCC)C(C)(C)C3)n2)C2CC(C)(C)N(OCCC)C(C)(C)C2)C2CC(C)(C)N(OCCC)C(C)(C)C2)n1. The second-order valence-corrected chi connectivity index (χ2v) is 49.8. The van der Waals surface area contributed by atoms with Crippen LogP contribution in [-0.4, -0.2) is 274 Å². The Morgan fingerprint density at radius 1 is 0.190 bits per heavy atom. The van der Waals surface area contributed by atoms with E-state index in [2.05, 4.69) is 305 Å². The summed E-state index contributed by atoms with van der Waals surface area (Å²) >= 11 is 0. The first kappa shape index (κ1) is 122. The molecule has 3 aromatic rings. The summed E-state index contributed by atoms with van der Waals surface area (Å²) in [5, 5.41) is 11.8. The number of hydrogen-bond acceptors (Lipinski definition) is 28. The molecule has 5 aliphatic rings. The minimum atomic E-state index is -0.337. The molecule has 820 valence electrons. The molecule has 0 unspecified atom stereocenters. The molecule has 0 saturated carbocycles. The number of rotatable bonds is 67. The standard InChI is InChI=1S/C114H219N23O5/c1-35-48-64-124(34)96-115-97(125(65-49-36-2)66-50-37-3)118-100(116-96)129(92-83-107(18,19)134(139-77-44-10)108(20,21)84-92)72-60-56-58-62-74-131(94-87-111(26,27)136(141-79-46-12)112(28,29)88-94)103-121-102(128(71-55-42-8)91-81-105(14,15)133(138-76-43-9)106(16,17)82-91)122-104(123-103)132(95-89-113(30,31)137(142-80-47-13)114(32,33)90-95)75-63-59-57-61-73-130(93-85-109(22,23)135(140-78-45-11)110(24,25)86-93)101-119-98(126(67-51-38-4)68-52-39-5)117-99(120-101)127(69-53-40-6)70-54-41-7/h91-95H,35-90H2,1-34H3. The molecule has 0 aliphatic carbocycles. The highest BCUT2D eigenvalue weighted by Crippen LogP contribution is 2.49. The molecule has 0 amide bonds. The Balaban J connectivity index is 1.30. The zero-order valence-corrected chi connectivity index (χ0v) is 98.3. The molecule has 5 fully saturated rings. The maximum atomic E-state index is 6.95. The lowest BCUT2D eigenvalue weighted by atomic mass is 9.78. The number of aromatic nitrogens is 9. The van der Waals surface area contributed by atoms with Gasteiger partial charge in [0.1, 0.15) is 0 Å². The highest BCUT2D eigenvalue weighted by atomic mass is 16.7. The van der Waals surface area contributed by atoms with Crippen LogP contribution in [0.3, 0.4) is 0 Å². The Bertz CT molecular complexity index is 3830. The molecule has 28 nitrogen and oxygen atoms in total. The van der Waals surface area contributed by atoms with Crippen molar-refractivity contribution in [3.8, 4) is 0 Å². The van der Waals surface area contributed by atoms with Crippen molar-refractivity contribution in [3.63, 3.8) is 0 Å². The predicted octanol–water partition coefficient (Wildman–Crippen LogP) is 25.9. The molecule has 0 aromatic carbocycles. The Hall–Kier alpha value is -5.17. The van der Waals surface area contributed by atoms with Gasteiger partial charge in [0.05, 0.1) is 33.0 Å². The third kappa shape index (κ3) is 33.9. The van der Waals surface area contributed by atoms with Crippen LogP contribution in [0.15, 0.2) is 0 Å². The number of hydroxylamine groups is 10. The van der Waals surface area contributed by atoms with Crippen molar-refractivity contribution in [2.75, 3.05) is 163 Å². The van der Waals surface area contributed by atoms with Crippen molar-refractivity contribution in [2.45, 2.75) is 564 Å². The van der Waals surface area contributed by atoms with Crippen LogP contribution in [0.2, 0.25) is 0 Å². The van der Waals surface area contributed by atoms with Gasteiger partial charge in [-0.1, -0.05) is 167 Å². The first-order valence-corrected chi connectivity index (χ1v) is 58.5. The Morgan fingerprint density at radius 3 is 0.521 bits per heavy atom. The Kier molecular flexibility index (Phi) is 48.7. The van der Waals surface area contributed by atoms with Crippen molar-refractivity contribution in [1.29, 1.82) is 0 Å². The number of nitrogens with zero attached hydrogens (tertiary/aromatic N) is 23. The molecule has 142 heavy (non-hydrogen) atoms. The van der Waals surface area contributed by atoms with Gasteiger partial charge in [0.2, 0.25) is 53.5 Å². The lowest BCUT2D eigenvalue weighted by Crippen LogP contribution is -2.65. The molecule has 0 radical (unpaired) electrons. The predicted molar refractivity (Wildman–Crippen MR) is 599 cm³/mol. The summed E-state index contributed by atoms with van der Waals surface area (Å²) in [6.07, 6.45) is 38.8. The normalized spacial score (nSPS) is 20.1. The molecular weight excluding hydrogens is 1770 g/mol. The van der Waals surface area contributed by atoms with E-state index in [0.29, 0.717) is 33.0 Å². The maximum Gasteiger partial charge on any atom is 0.232 e.